The van der Waals surface area contributed by atoms with Gasteiger partial charge in [-0.1, -0.05) is 13.0 Å². The minimum absolute atomic E-state index is 0.249. The molecule has 5 heteroatoms. The van der Waals surface area contributed by atoms with Crippen molar-refractivity contribution in [2.75, 3.05) is 18.6 Å². The van der Waals surface area contributed by atoms with E-state index in [9.17, 15) is 13.6 Å². The maximum atomic E-state index is 13.3. The molecule has 0 saturated heterocycles. The number of amides is 1. The summed E-state index contributed by atoms with van der Waals surface area (Å²) in [6.07, 6.45) is 1.98. The minimum atomic E-state index is -1.09. The lowest BCUT2D eigenvalue weighted by Crippen LogP contribution is -2.29. The second kappa shape index (κ2) is 6.59. The molecule has 1 rings (SSSR count). The highest BCUT2D eigenvalue weighted by molar-refractivity contribution is 7.98. The van der Waals surface area contributed by atoms with E-state index in [0.29, 0.717) is 12.5 Å². The first-order chi connectivity index (χ1) is 8.06. The van der Waals surface area contributed by atoms with Crippen LogP contribution in [0, 0.1) is 17.6 Å². The number of benzene rings is 1. The van der Waals surface area contributed by atoms with Crippen molar-refractivity contribution < 1.29 is 13.6 Å². The lowest BCUT2D eigenvalue weighted by molar-refractivity contribution is 0.0944. The van der Waals surface area contributed by atoms with Crippen LogP contribution in [0.2, 0.25) is 0 Å². The number of carbonyl (C=O) groups is 1. The zero-order valence-corrected chi connectivity index (χ0v) is 10.6. The van der Waals surface area contributed by atoms with Crippen LogP contribution in [0.1, 0.15) is 17.3 Å². The number of hydrogen-bond donors (Lipinski definition) is 1. The zero-order valence-electron chi connectivity index (χ0n) is 9.80. The van der Waals surface area contributed by atoms with E-state index in [1.807, 2.05) is 13.2 Å². The summed E-state index contributed by atoms with van der Waals surface area (Å²) >= 11 is 1.68. The summed E-state index contributed by atoms with van der Waals surface area (Å²) in [4.78, 5) is 11.6. The van der Waals surface area contributed by atoms with Crippen molar-refractivity contribution in [2.45, 2.75) is 6.92 Å². The van der Waals surface area contributed by atoms with Gasteiger partial charge in [-0.05, 0) is 30.1 Å². The van der Waals surface area contributed by atoms with Crippen LogP contribution in [0.5, 0.6) is 0 Å². The summed E-state index contributed by atoms with van der Waals surface area (Å²) < 4.78 is 26.2. The minimum Gasteiger partial charge on any atom is -0.352 e. The molecule has 1 atom stereocenters. The highest BCUT2D eigenvalue weighted by Crippen LogP contribution is 2.11. The van der Waals surface area contributed by atoms with E-state index in [1.54, 1.807) is 11.8 Å². The molecule has 0 aliphatic rings. The van der Waals surface area contributed by atoms with Gasteiger partial charge in [-0.15, -0.1) is 0 Å². The smallest absolute Gasteiger partial charge is 0.254 e. The molecule has 1 unspecified atom stereocenters. The maximum Gasteiger partial charge on any atom is 0.254 e. The van der Waals surface area contributed by atoms with Crippen molar-refractivity contribution in [2.24, 2.45) is 5.92 Å². The summed E-state index contributed by atoms with van der Waals surface area (Å²) in [6.45, 7) is 2.44. The van der Waals surface area contributed by atoms with E-state index in [0.717, 1.165) is 11.8 Å². The third-order valence-corrected chi connectivity index (χ3v) is 3.16. The van der Waals surface area contributed by atoms with Gasteiger partial charge in [0.15, 0.2) is 11.6 Å². The largest absolute Gasteiger partial charge is 0.352 e. The van der Waals surface area contributed by atoms with E-state index >= 15 is 0 Å². The van der Waals surface area contributed by atoms with Crippen LogP contribution in [0.3, 0.4) is 0 Å². The van der Waals surface area contributed by atoms with Crippen LogP contribution in [0.4, 0.5) is 8.78 Å². The molecular weight excluding hydrogens is 244 g/mol. The average Bonchev–Trinajstić information content (AvgIpc) is 2.30. The molecule has 0 heterocycles. The Kier molecular flexibility index (Phi) is 5.41. The Morgan fingerprint density at radius 2 is 2.18 bits per heavy atom. The van der Waals surface area contributed by atoms with Gasteiger partial charge in [-0.25, -0.2) is 8.78 Å². The third-order valence-electron chi connectivity index (χ3n) is 2.26. The van der Waals surface area contributed by atoms with E-state index in [2.05, 4.69) is 5.32 Å². The van der Waals surface area contributed by atoms with Gasteiger partial charge in [-0.2, -0.15) is 11.8 Å². The van der Waals surface area contributed by atoms with Gasteiger partial charge >= 0.3 is 0 Å². The standard InChI is InChI=1S/C12H15F2NOS/c1-8(7-17-2)6-15-12(16)9-4-3-5-10(13)11(9)14/h3-5,8H,6-7H2,1-2H3,(H,15,16). The Hall–Kier alpha value is -1.10. The second-order valence-corrected chi connectivity index (χ2v) is 4.78. The Morgan fingerprint density at radius 1 is 1.47 bits per heavy atom. The van der Waals surface area contributed by atoms with Gasteiger partial charge < -0.3 is 5.32 Å². The van der Waals surface area contributed by atoms with Crippen LogP contribution in [-0.2, 0) is 0 Å². The lowest BCUT2D eigenvalue weighted by atomic mass is 10.1. The average molecular weight is 259 g/mol. The first-order valence-corrected chi connectivity index (χ1v) is 6.66. The number of hydrogen-bond acceptors (Lipinski definition) is 2. The molecule has 1 N–H and O–H groups in total. The fourth-order valence-electron chi connectivity index (χ4n) is 1.38. The van der Waals surface area contributed by atoms with Crippen LogP contribution in [-0.4, -0.2) is 24.5 Å². The van der Waals surface area contributed by atoms with Gasteiger partial charge in [0.1, 0.15) is 0 Å². The van der Waals surface area contributed by atoms with Crippen molar-refractivity contribution >= 4 is 17.7 Å². The fourth-order valence-corrected chi connectivity index (χ4v) is 2.07. The van der Waals surface area contributed by atoms with E-state index in [1.165, 1.54) is 12.1 Å². The second-order valence-electron chi connectivity index (χ2n) is 3.87. The third kappa shape index (κ3) is 4.00. The molecule has 0 bridgehead atoms. The van der Waals surface area contributed by atoms with Gasteiger partial charge in [0.2, 0.25) is 0 Å². The summed E-state index contributed by atoms with van der Waals surface area (Å²) in [5.74, 6) is -1.47. The molecule has 0 saturated carbocycles. The Bertz CT molecular complexity index is 398. The van der Waals surface area contributed by atoms with E-state index < -0.39 is 17.5 Å². The number of rotatable bonds is 5. The van der Waals surface area contributed by atoms with Crippen molar-refractivity contribution in [3.8, 4) is 0 Å². The SMILES string of the molecule is CSCC(C)CNC(=O)c1cccc(F)c1F. The molecule has 0 fully saturated rings. The van der Waals surface area contributed by atoms with Crippen molar-refractivity contribution in [1.29, 1.82) is 0 Å². The quantitative estimate of drug-likeness (QED) is 0.881. The van der Waals surface area contributed by atoms with Crippen LogP contribution in [0.15, 0.2) is 18.2 Å². The molecule has 1 aromatic rings. The van der Waals surface area contributed by atoms with Gasteiger partial charge in [0, 0.05) is 6.54 Å². The molecule has 1 amide bonds. The summed E-state index contributed by atoms with van der Waals surface area (Å²) in [5, 5.41) is 2.59. The Labute approximate surface area is 104 Å². The molecule has 1 aromatic carbocycles. The molecule has 0 spiro atoms. The molecule has 0 aliphatic heterocycles. The highest BCUT2D eigenvalue weighted by atomic mass is 32.2. The van der Waals surface area contributed by atoms with Crippen molar-refractivity contribution in [3.63, 3.8) is 0 Å². The maximum absolute atomic E-state index is 13.3. The van der Waals surface area contributed by atoms with E-state index in [4.69, 9.17) is 0 Å². The van der Waals surface area contributed by atoms with Gasteiger partial charge in [0.25, 0.3) is 5.91 Å². The molecule has 94 valence electrons. The number of carbonyl (C=O) groups excluding carboxylic acids is 1. The highest BCUT2D eigenvalue weighted by Gasteiger charge is 2.15. The molecule has 0 aromatic heterocycles. The first-order valence-electron chi connectivity index (χ1n) is 5.27. The van der Waals surface area contributed by atoms with Crippen molar-refractivity contribution in [3.05, 3.63) is 35.4 Å². The monoisotopic (exact) mass is 259 g/mol. The lowest BCUT2D eigenvalue weighted by Gasteiger charge is -2.11. The zero-order chi connectivity index (χ0) is 12.8. The summed E-state index contributed by atoms with van der Waals surface area (Å²) in [6, 6.07) is 3.58. The topological polar surface area (TPSA) is 29.1 Å². The molecule has 0 radical (unpaired) electrons. The number of nitrogens with one attached hydrogen (secondary N) is 1. The summed E-state index contributed by atoms with van der Waals surface area (Å²) in [5.41, 5.74) is -0.249. The number of halogens is 2. The molecule has 0 aliphatic carbocycles. The predicted octanol–water partition coefficient (Wildman–Crippen LogP) is 2.69. The fraction of sp³-hybridized carbons (Fsp3) is 0.417. The predicted molar refractivity (Wildman–Crippen MR) is 66.2 cm³/mol. The molecule has 2 nitrogen and oxygen atoms in total. The number of thioether (sulfide) groups is 1. The van der Waals surface area contributed by atoms with E-state index in [-0.39, 0.29) is 5.56 Å². The van der Waals surface area contributed by atoms with Crippen LogP contribution >= 0.6 is 11.8 Å². The van der Waals surface area contributed by atoms with Crippen molar-refractivity contribution in [1.82, 2.24) is 5.32 Å². The van der Waals surface area contributed by atoms with Gasteiger partial charge in [-0.3, -0.25) is 4.79 Å². The summed E-state index contributed by atoms with van der Waals surface area (Å²) in [7, 11) is 0. The first kappa shape index (κ1) is 14.0. The van der Waals surface area contributed by atoms with Crippen LogP contribution < -0.4 is 5.32 Å². The van der Waals surface area contributed by atoms with Gasteiger partial charge in [0.05, 0.1) is 5.56 Å². The Balaban J connectivity index is 2.61. The molecular formula is C12H15F2NOS. The Morgan fingerprint density at radius 3 is 2.82 bits per heavy atom. The normalized spacial score (nSPS) is 12.2. The van der Waals surface area contributed by atoms with Crippen LogP contribution in [0.25, 0.3) is 0 Å². The molecule has 17 heavy (non-hydrogen) atoms.